The summed E-state index contributed by atoms with van der Waals surface area (Å²) < 4.78 is -3.56. The number of urea groups is 1. The molecule has 11 heteroatoms. The predicted molar refractivity (Wildman–Crippen MR) is 106 cm³/mol. The molecule has 0 fully saturated rings. The molecule has 0 spiro atoms. The average molecular weight is 465 g/mol. The van der Waals surface area contributed by atoms with E-state index in [4.69, 9.17) is 69.6 Å². The molecule has 2 atom stereocenters. The number of halogens is 6. The fraction of sp³-hybridized carbons (Fsp3) is 0.923. The summed E-state index contributed by atoms with van der Waals surface area (Å²) in [5, 5.41) is 11.1. The first-order valence-corrected chi connectivity index (χ1v) is 9.34. The van der Waals surface area contributed by atoms with Crippen LogP contribution in [0.3, 0.4) is 0 Å². The molecular formula is C13H24Cl6N4O. The molecule has 2 amide bonds. The van der Waals surface area contributed by atoms with E-state index in [0.717, 1.165) is 0 Å². The minimum atomic E-state index is -1.78. The van der Waals surface area contributed by atoms with Gasteiger partial charge in [0, 0.05) is 11.1 Å². The molecule has 0 saturated carbocycles. The second kappa shape index (κ2) is 8.75. The fourth-order valence-corrected chi connectivity index (χ4v) is 2.22. The number of hydrogen-bond acceptors (Lipinski definition) is 3. The van der Waals surface area contributed by atoms with Crippen molar-refractivity contribution in [3.8, 4) is 0 Å². The molecule has 0 bridgehead atoms. The van der Waals surface area contributed by atoms with Crippen molar-refractivity contribution in [2.45, 2.75) is 72.5 Å². The Morgan fingerprint density at radius 1 is 0.667 bits per heavy atom. The van der Waals surface area contributed by atoms with Crippen LogP contribution in [0.5, 0.6) is 0 Å². The Kier molecular flexibility index (Phi) is 9.08. The van der Waals surface area contributed by atoms with Crippen molar-refractivity contribution >= 4 is 75.6 Å². The van der Waals surface area contributed by atoms with E-state index in [1.165, 1.54) is 0 Å². The first-order chi connectivity index (χ1) is 10.3. The highest BCUT2D eigenvalue weighted by atomic mass is 35.6. The number of alkyl halides is 6. The van der Waals surface area contributed by atoms with Crippen LogP contribution in [0.15, 0.2) is 0 Å². The average Bonchev–Trinajstić information content (AvgIpc) is 2.20. The minimum absolute atomic E-state index is 0.417. The van der Waals surface area contributed by atoms with E-state index in [9.17, 15) is 4.79 Å². The van der Waals surface area contributed by atoms with E-state index in [0.29, 0.717) is 0 Å². The van der Waals surface area contributed by atoms with Crippen molar-refractivity contribution in [2.24, 2.45) is 0 Å². The molecule has 0 saturated heterocycles. The zero-order valence-electron chi connectivity index (χ0n) is 14.3. The number of rotatable bonds is 4. The van der Waals surface area contributed by atoms with Crippen molar-refractivity contribution < 1.29 is 4.79 Å². The van der Waals surface area contributed by atoms with Crippen LogP contribution in [-0.2, 0) is 0 Å². The SMILES string of the molecule is CC(C)(C)N[C@@H](NC(=O)N[C@@H](NC(C)(C)C)C(Cl)(Cl)Cl)C(Cl)(Cl)Cl. The molecule has 0 heterocycles. The number of amides is 2. The molecule has 0 unspecified atom stereocenters. The maximum atomic E-state index is 12.3. The third-order valence-corrected chi connectivity index (χ3v) is 3.67. The Morgan fingerprint density at radius 3 is 1.08 bits per heavy atom. The third-order valence-electron chi connectivity index (χ3n) is 2.36. The van der Waals surface area contributed by atoms with Gasteiger partial charge in [-0.25, -0.2) is 4.79 Å². The largest absolute Gasteiger partial charge is 0.318 e. The summed E-state index contributed by atoms with van der Waals surface area (Å²) in [7, 11) is 0. The van der Waals surface area contributed by atoms with Crippen LogP contribution < -0.4 is 21.3 Å². The van der Waals surface area contributed by atoms with Crippen molar-refractivity contribution in [1.82, 2.24) is 21.3 Å². The Morgan fingerprint density at radius 2 is 0.917 bits per heavy atom. The van der Waals surface area contributed by atoms with E-state index in [2.05, 4.69) is 21.3 Å². The lowest BCUT2D eigenvalue weighted by atomic mass is 10.1. The second-order valence-corrected chi connectivity index (χ2v) is 12.1. The van der Waals surface area contributed by atoms with Crippen molar-refractivity contribution in [1.29, 1.82) is 0 Å². The van der Waals surface area contributed by atoms with Gasteiger partial charge in [0.2, 0.25) is 7.59 Å². The highest BCUT2D eigenvalue weighted by molar-refractivity contribution is 6.68. The molecule has 0 aliphatic carbocycles. The predicted octanol–water partition coefficient (Wildman–Crippen LogP) is 4.45. The van der Waals surface area contributed by atoms with Gasteiger partial charge in [-0.2, -0.15) is 0 Å². The van der Waals surface area contributed by atoms with Crippen LogP contribution in [0.2, 0.25) is 0 Å². The Balaban J connectivity index is 5.09. The van der Waals surface area contributed by atoms with Gasteiger partial charge in [0.1, 0.15) is 12.3 Å². The first-order valence-electron chi connectivity index (χ1n) is 7.07. The van der Waals surface area contributed by atoms with E-state index >= 15 is 0 Å². The van der Waals surface area contributed by atoms with Crippen LogP contribution >= 0.6 is 69.6 Å². The quantitative estimate of drug-likeness (QED) is 0.367. The van der Waals surface area contributed by atoms with Gasteiger partial charge in [0.15, 0.2) is 0 Å². The van der Waals surface area contributed by atoms with Crippen LogP contribution in [0, 0.1) is 0 Å². The van der Waals surface area contributed by atoms with Gasteiger partial charge in [0.05, 0.1) is 0 Å². The maximum Gasteiger partial charge on any atom is 0.317 e. The van der Waals surface area contributed by atoms with Crippen LogP contribution in [-0.4, -0.2) is 37.0 Å². The fourth-order valence-electron chi connectivity index (χ4n) is 1.57. The molecule has 0 rings (SSSR count). The molecule has 0 aromatic rings. The van der Waals surface area contributed by atoms with E-state index in [1.807, 2.05) is 41.5 Å². The summed E-state index contributed by atoms with van der Waals surface area (Å²) in [6.07, 6.45) is -1.93. The molecule has 4 N–H and O–H groups in total. The lowest BCUT2D eigenvalue weighted by molar-refractivity contribution is 0.218. The molecule has 24 heavy (non-hydrogen) atoms. The van der Waals surface area contributed by atoms with Gasteiger partial charge < -0.3 is 10.6 Å². The molecule has 144 valence electrons. The van der Waals surface area contributed by atoms with Gasteiger partial charge in [-0.3, -0.25) is 10.6 Å². The molecule has 0 radical (unpaired) electrons. The second-order valence-electron chi connectivity index (χ2n) is 7.36. The number of hydrogen-bond donors (Lipinski definition) is 4. The smallest absolute Gasteiger partial charge is 0.317 e. The highest BCUT2D eigenvalue weighted by Crippen LogP contribution is 2.31. The summed E-state index contributed by atoms with van der Waals surface area (Å²) in [5.74, 6) is 0. The monoisotopic (exact) mass is 462 g/mol. The number of carbonyl (C=O) groups is 1. The van der Waals surface area contributed by atoms with E-state index in [-0.39, 0.29) is 0 Å². The molecular weight excluding hydrogens is 441 g/mol. The molecule has 0 aromatic carbocycles. The van der Waals surface area contributed by atoms with Crippen molar-refractivity contribution in [2.75, 3.05) is 0 Å². The molecule has 0 aromatic heterocycles. The van der Waals surface area contributed by atoms with Crippen LogP contribution in [0.25, 0.3) is 0 Å². The lowest BCUT2D eigenvalue weighted by Crippen LogP contribution is -2.65. The van der Waals surface area contributed by atoms with Crippen molar-refractivity contribution in [3.63, 3.8) is 0 Å². The van der Waals surface area contributed by atoms with Gasteiger partial charge in [0.25, 0.3) is 0 Å². The lowest BCUT2D eigenvalue weighted by Gasteiger charge is -2.36. The van der Waals surface area contributed by atoms with Gasteiger partial charge in [-0.05, 0) is 41.5 Å². The van der Waals surface area contributed by atoms with E-state index in [1.54, 1.807) is 0 Å². The zero-order chi connectivity index (χ0) is 19.6. The summed E-state index contributed by atoms with van der Waals surface area (Å²) in [6.45, 7) is 11.2. The molecule has 0 aliphatic heterocycles. The minimum Gasteiger partial charge on any atom is -0.318 e. The maximum absolute atomic E-state index is 12.3. The Bertz CT molecular complexity index is 384. The van der Waals surface area contributed by atoms with Crippen molar-refractivity contribution in [3.05, 3.63) is 0 Å². The summed E-state index contributed by atoms with van der Waals surface area (Å²) in [4.78, 5) is 12.3. The zero-order valence-corrected chi connectivity index (χ0v) is 18.9. The molecule has 0 aliphatic rings. The topological polar surface area (TPSA) is 65.2 Å². The summed E-state index contributed by atoms with van der Waals surface area (Å²) >= 11 is 35.5. The molecule has 5 nitrogen and oxygen atoms in total. The standard InChI is InChI=1S/C13H24Cl6N4O/c1-10(2,3)22-7(12(14,15)16)20-9(24)21-8(13(17,18)19)23-11(4,5)6/h7-8,22-23H,1-6H3,(H2,20,21,24)/t7-,8+. The highest BCUT2D eigenvalue weighted by Gasteiger charge is 2.39. The first kappa shape index (κ1) is 24.9. The number of carbonyl (C=O) groups excluding carboxylic acids is 1. The van der Waals surface area contributed by atoms with Gasteiger partial charge >= 0.3 is 6.03 Å². The van der Waals surface area contributed by atoms with Gasteiger partial charge in [-0.1, -0.05) is 69.6 Å². The normalized spacial score (nSPS) is 16.5. The summed E-state index contributed by atoms with van der Waals surface area (Å²) in [6, 6.07) is -0.670. The van der Waals surface area contributed by atoms with Crippen LogP contribution in [0.4, 0.5) is 4.79 Å². The van der Waals surface area contributed by atoms with E-state index < -0.39 is 37.0 Å². The van der Waals surface area contributed by atoms with Crippen LogP contribution in [0.1, 0.15) is 41.5 Å². The number of nitrogens with one attached hydrogen (secondary N) is 4. The van der Waals surface area contributed by atoms with Gasteiger partial charge in [-0.15, -0.1) is 0 Å². The Hall–Kier alpha value is 0.930. The summed E-state index contributed by atoms with van der Waals surface area (Å²) in [5.41, 5.74) is -0.833. The Labute approximate surface area is 173 Å². The third kappa shape index (κ3) is 11.5.